The molecule has 360 valence electrons. The van der Waals surface area contributed by atoms with Crippen molar-refractivity contribution < 1.29 is 69.2 Å². The van der Waals surface area contributed by atoms with E-state index in [-0.39, 0.29) is 45.9 Å². The number of aromatic carboxylic acids is 1. The van der Waals surface area contributed by atoms with Crippen LogP contribution in [0.1, 0.15) is 68.7 Å². The number of ether oxygens (including phenoxy) is 4. The summed E-state index contributed by atoms with van der Waals surface area (Å²) in [5.41, 5.74) is 5.56. The maximum absolute atomic E-state index is 13.4. The molecule has 2 fully saturated rings. The van der Waals surface area contributed by atoms with Crippen molar-refractivity contribution in [2.24, 2.45) is 0 Å². The van der Waals surface area contributed by atoms with Crippen LogP contribution in [0.4, 0.5) is 28.9 Å². The lowest BCUT2D eigenvalue weighted by Gasteiger charge is -2.17. The van der Waals surface area contributed by atoms with E-state index in [4.69, 9.17) is 0 Å². The molecule has 0 unspecified atom stereocenters. The fourth-order valence-corrected chi connectivity index (χ4v) is 8.89. The SMILES string of the molecule is Cc1ccc(NC(=O)C2(c3ccc4c(c3)OC(F)(F)O4)CC2)cc1-c1cccc(C(=O)NS(C)(=O)=O)c1.Cc1ccc(NC(=O)C2(c3ccc4c(c3)OC(F)(F)O4)CC2)cc1-c1cccc(C(=O)O)c1. The Bertz CT molecular complexity index is 3280. The second-order valence-electron chi connectivity index (χ2n) is 17.5. The zero-order chi connectivity index (χ0) is 50.0. The Balaban J connectivity index is 0.000000175. The average Bonchev–Trinajstić information content (AvgIpc) is 4.23. The van der Waals surface area contributed by atoms with Crippen molar-refractivity contribution >= 4 is 45.1 Å². The van der Waals surface area contributed by atoms with Gasteiger partial charge in [-0.3, -0.25) is 14.4 Å². The van der Waals surface area contributed by atoms with Gasteiger partial charge in [0.2, 0.25) is 21.8 Å². The Kier molecular flexibility index (Phi) is 11.6. The molecule has 0 spiro atoms. The number of nitrogens with one attached hydrogen (secondary N) is 3. The molecule has 19 heteroatoms. The third-order valence-corrected chi connectivity index (χ3v) is 13.0. The second-order valence-corrected chi connectivity index (χ2v) is 19.2. The summed E-state index contributed by atoms with van der Waals surface area (Å²) in [6.07, 6.45) is -4.30. The number of benzene rings is 6. The van der Waals surface area contributed by atoms with Crippen molar-refractivity contribution in [2.75, 3.05) is 16.9 Å². The van der Waals surface area contributed by atoms with Gasteiger partial charge in [-0.25, -0.2) is 17.9 Å². The van der Waals surface area contributed by atoms with Gasteiger partial charge in [-0.2, -0.15) is 0 Å². The fraction of sp³-hybridized carbons (Fsp3) is 0.216. The zero-order valence-electron chi connectivity index (χ0n) is 37.3. The summed E-state index contributed by atoms with van der Waals surface area (Å²) in [5, 5.41) is 15.1. The molecule has 2 saturated carbocycles. The molecule has 0 radical (unpaired) electrons. The topological polar surface area (TPSA) is 196 Å². The number of alkyl halides is 4. The van der Waals surface area contributed by atoms with Gasteiger partial charge in [-0.15, -0.1) is 17.6 Å². The number of hydrogen-bond donors (Lipinski definition) is 4. The Morgan fingerprint density at radius 1 is 0.543 bits per heavy atom. The zero-order valence-corrected chi connectivity index (χ0v) is 38.1. The number of carbonyl (C=O) groups excluding carboxylic acids is 3. The van der Waals surface area contributed by atoms with Gasteiger partial charge in [0.25, 0.3) is 5.91 Å². The predicted octanol–water partition coefficient (Wildman–Crippen LogP) is 9.70. The van der Waals surface area contributed by atoms with Gasteiger partial charge < -0.3 is 34.7 Å². The summed E-state index contributed by atoms with van der Waals surface area (Å²) >= 11 is 0. The number of halogens is 4. The first-order valence-corrected chi connectivity index (χ1v) is 23.5. The van der Waals surface area contributed by atoms with Crippen LogP contribution in [-0.2, 0) is 30.4 Å². The Morgan fingerprint density at radius 3 is 1.37 bits per heavy atom. The Hall–Kier alpha value is -7.93. The van der Waals surface area contributed by atoms with Crippen LogP contribution in [0, 0.1) is 13.8 Å². The van der Waals surface area contributed by atoms with Crippen molar-refractivity contribution in [3.05, 3.63) is 155 Å². The number of carbonyl (C=O) groups is 4. The fourth-order valence-electron chi connectivity index (χ4n) is 8.44. The first kappa shape index (κ1) is 47.1. The van der Waals surface area contributed by atoms with Crippen molar-refractivity contribution in [2.45, 2.75) is 63.0 Å². The van der Waals surface area contributed by atoms with E-state index in [1.165, 1.54) is 36.4 Å². The highest BCUT2D eigenvalue weighted by Gasteiger charge is 2.54. The van der Waals surface area contributed by atoms with Gasteiger partial charge in [0.15, 0.2) is 23.0 Å². The van der Waals surface area contributed by atoms with E-state index in [0.717, 1.165) is 34.1 Å². The number of amides is 3. The minimum atomic E-state index is -3.74. The average molecular weight is 980 g/mol. The largest absolute Gasteiger partial charge is 0.586 e. The minimum absolute atomic E-state index is 0.0632. The number of rotatable bonds is 11. The van der Waals surface area contributed by atoms with Crippen molar-refractivity contribution in [3.8, 4) is 45.3 Å². The van der Waals surface area contributed by atoms with Crippen LogP contribution in [0.5, 0.6) is 23.0 Å². The molecule has 2 aliphatic carbocycles. The van der Waals surface area contributed by atoms with E-state index in [2.05, 4.69) is 29.6 Å². The van der Waals surface area contributed by atoms with Gasteiger partial charge in [-0.05, 0) is 157 Å². The summed E-state index contributed by atoms with van der Waals surface area (Å²) in [4.78, 5) is 50.1. The van der Waals surface area contributed by atoms with Gasteiger partial charge in [0.05, 0.1) is 22.6 Å². The third kappa shape index (κ3) is 9.69. The van der Waals surface area contributed by atoms with Crippen LogP contribution in [-0.4, -0.2) is 56.1 Å². The van der Waals surface area contributed by atoms with Crippen LogP contribution in [0.25, 0.3) is 22.3 Å². The summed E-state index contributed by atoms with van der Waals surface area (Å²) in [6, 6.07) is 32.6. The van der Waals surface area contributed by atoms with E-state index in [0.29, 0.717) is 53.7 Å². The number of fused-ring (bicyclic) bond motifs is 2. The van der Waals surface area contributed by atoms with Gasteiger partial charge >= 0.3 is 18.6 Å². The molecule has 3 amide bonds. The Morgan fingerprint density at radius 2 is 0.957 bits per heavy atom. The van der Waals surface area contributed by atoms with Crippen LogP contribution >= 0.6 is 0 Å². The highest BCUT2D eigenvalue weighted by Crippen LogP contribution is 2.54. The Labute approximate surface area is 397 Å². The number of hydrogen-bond acceptors (Lipinski definition) is 10. The highest BCUT2D eigenvalue weighted by molar-refractivity contribution is 7.89. The van der Waals surface area contributed by atoms with Gasteiger partial charge in [0, 0.05) is 16.9 Å². The number of anilines is 2. The molecular formula is C51H41F4N3O11S. The predicted molar refractivity (Wildman–Crippen MR) is 247 cm³/mol. The van der Waals surface area contributed by atoms with E-state index in [9.17, 15) is 50.3 Å². The molecule has 6 aromatic rings. The molecular weight excluding hydrogens is 939 g/mol. The molecule has 0 bridgehead atoms. The number of carboxylic acid groups (broad SMARTS) is 1. The van der Waals surface area contributed by atoms with Crippen LogP contribution in [0.2, 0.25) is 0 Å². The number of carboxylic acids is 1. The van der Waals surface area contributed by atoms with Gasteiger partial charge in [0.1, 0.15) is 0 Å². The summed E-state index contributed by atoms with van der Waals surface area (Å²) in [5.74, 6) is -2.64. The molecule has 0 saturated heterocycles. The maximum atomic E-state index is 13.4. The molecule has 2 heterocycles. The smallest absolute Gasteiger partial charge is 0.478 e. The molecule has 2 aliphatic heterocycles. The minimum Gasteiger partial charge on any atom is -0.478 e. The summed E-state index contributed by atoms with van der Waals surface area (Å²) in [7, 11) is -3.72. The van der Waals surface area contributed by atoms with Crippen LogP contribution in [0.3, 0.4) is 0 Å². The molecule has 4 N–H and O–H groups in total. The maximum Gasteiger partial charge on any atom is 0.586 e. The molecule has 4 aliphatic rings. The molecule has 0 atom stereocenters. The molecule has 6 aromatic carbocycles. The first-order chi connectivity index (χ1) is 33.0. The third-order valence-electron chi connectivity index (χ3n) is 12.4. The molecule has 10 rings (SSSR count). The number of aryl methyl sites for hydroxylation is 2. The molecule has 70 heavy (non-hydrogen) atoms. The lowest BCUT2D eigenvalue weighted by molar-refractivity contribution is -0.287. The second kappa shape index (κ2) is 17.2. The van der Waals surface area contributed by atoms with E-state index in [1.807, 2.05) is 36.8 Å². The van der Waals surface area contributed by atoms with Gasteiger partial charge in [-0.1, -0.05) is 48.5 Å². The summed E-state index contributed by atoms with van der Waals surface area (Å²) < 4.78 is 96.3. The standard InChI is InChI=1S/C26H22F2N2O6S.C25H19F2NO5/c1-15-6-8-19(14-20(15)16-4-3-5-17(12-16)23(31)30-37(2,33)34)29-24(32)25(10-11-25)18-7-9-21-22(13-18)36-26(27,28)35-21;1-14-5-7-18(13-19(14)15-3-2-4-16(11-15)22(29)30)28-23(31)24(9-10-24)17-6-8-20-21(12-17)33-25(26,27)32-20/h3-9,12-14H,10-11H2,1-2H3,(H,29,32)(H,30,31);2-8,11-13H,9-10H2,1H3,(H,28,31)(H,29,30). The lowest BCUT2D eigenvalue weighted by Crippen LogP contribution is -2.29. The quantitative estimate of drug-likeness (QED) is 0.0903. The van der Waals surface area contributed by atoms with E-state index in [1.54, 1.807) is 66.7 Å². The van der Waals surface area contributed by atoms with Crippen molar-refractivity contribution in [3.63, 3.8) is 0 Å². The van der Waals surface area contributed by atoms with Crippen molar-refractivity contribution in [1.82, 2.24) is 4.72 Å². The van der Waals surface area contributed by atoms with Crippen molar-refractivity contribution in [1.29, 1.82) is 0 Å². The highest BCUT2D eigenvalue weighted by atomic mass is 32.2. The lowest BCUT2D eigenvalue weighted by atomic mass is 9.94. The van der Waals surface area contributed by atoms with Crippen LogP contribution in [0.15, 0.2) is 121 Å². The van der Waals surface area contributed by atoms with E-state index < -0.39 is 45.3 Å². The molecule has 14 nitrogen and oxygen atoms in total. The first-order valence-electron chi connectivity index (χ1n) is 21.6. The van der Waals surface area contributed by atoms with Crippen LogP contribution < -0.4 is 34.3 Å². The monoisotopic (exact) mass is 979 g/mol. The van der Waals surface area contributed by atoms with E-state index >= 15 is 0 Å². The summed E-state index contributed by atoms with van der Waals surface area (Å²) in [6.45, 7) is 3.77. The normalized spacial score (nSPS) is 16.7. The molecule has 0 aromatic heterocycles. The number of sulfonamides is 1.